The van der Waals surface area contributed by atoms with Gasteiger partial charge in [-0.15, -0.1) is 0 Å². The van der Waals surface area contributed by atoms with Crippen molar-refractivity contribution in [3.63, 3.8) is 0 Å². The summed E-state index contributed by atoms with van der Waals surface area (Å²) in [6, 6.07) is 10.5. The number of aryl methyl sites for hydroxylation is 1. The molecule has 3 nitrogen and oxygen atoms in total. The van der Waals surface area contributed by atoms with Gasteiger partial charge in [0.25, 0.3) is 0 Å². The van der Waals surface area contributed by atoms with Crippen molar-refractivity contribution in [2.24, 2.45) is 0 Å². The molecule has 0 saturated heterocycles. The molecule has 3 heterocycles. The summed E-state index contributed by atoms with van der Waals surface area (Å²) in [5, 5.41) is 0. The molecule has 1 aliphatic heterocycles. The Labute approximate surface area is 122 Å². The first-order valence-corrected chi connectivity index (χ1v) is 7.08. The molecule has 1 aromatic carbocycles. The van der Waals surface area contributed by atoms with Crippen LogP contribution in [0.5, 0.6) is 0 Å². The van der Waals surface area contributed by atoms with Gasteiger partial charge in [-0.2, -0.15) is 0 Å². The lowest BCUT2D eigenvalue weighted by molar-refractivity contribution is 0.628. The monoisotopic (exact) mass is 279 g/mol. The summed E-state index contributed by atoms with van der Waals surface area (Å²) in [6.45, 7) is 0.987. The number of nitrogens with zero attached hydrogens (tertiary/aromatic N) is 3. The van der Waals surface area contributed by atoms with Crippen LogP contribution >= 0.6 is 0 Å². The van der Waals surface area contributed by atoms with Gasteiger partial charge in [0.1, 0.15) is 11.6 Å². The molecule has 3 aromatic rings. The highest BCUT2D eigenvalue weighted by atomic mass is 19.1. The summed E-state index contributed by atoms with van der Waals surface area (Å²) in [4.78, 5) is 8.87. The molecule has 0 N–H and O–H groups in total. The molecule has 0 amide bonds. The number of pyridine rings is 1. The third-order valence-electron chi connectivity index (χ3n) is 3.90. The molecule has 0 bridgehead atoms. The van der Waals surface area contributed by atoms with Crippen LogP contribution in [0, 0.1) is 5.82 Å². The van der Waals surface area contributed by atoms with Gasteiger partial charge in [-0.1, -0.05) is 0 Å². The topological polar surface area (TPSA) is 30.7 Å². The number of aromatic nitrogens is 3. The quantitative estimate of drug-likeness (QED) is 0.716. The molecular weight excluding hydrogens is 265 g/mol. The Morgan fingerprint density at radius 1 is 0.952 bits per heavy atom. The predicted octanol–water partition coefficient (Wildman–Crippen LogP) is 3.70. The lowest BCUT2D eigenvalue weighted by Gasteiger charge is -2.08. The Morgan fingerprint density at radius 3 is 2.48 bits per heavy atom. The van der Waals surface area contributed by atoms with Crippen molar-refractivity contribution in [3.8, 4) is 22.5 Å². The number of hydrogen-bond acceptors (Lipinski definition) is 2. The van der Waals surface area contributed by atoms with E-state index in [1.165, 1.54) is 12.1 Å². The Hall–Kier alpha value is -2.49. The summed E-state index contributed by atoms with van der Waals surface area (Å²) in [7, 11) is 0. The van der Waals surface area contributed by atoms with Gasteiger partial charge in [-0.25, -0.2) is 9.37 Å². The minimum Gasteiger partial charge on any atom is -0.327 e. The normalized spacial score (nSPS) is 13.4. The third kappa shape index (κ3) is 2.03. The Kier molecular flexibility index (Phi) is 2.81. The van der Waals surface area contributed by atoms with Crippen molar-refractivity contribution in [1.29, 1.82) is 0 Å². The van der Waals surface area contributed by atoms with E-state index in [9.17, 15) is 4.39 Å². The highest BCUT2D eigenvalue weighted by Crippen LogP contribution is 2.35. The van der Waals surface area contributed by atoms with E-state index in [1.54, 1.807) is 24.5 Å². The first-order valence-electron chi connectivity index (χ1n) is 7.08. The van der Waals surface area contributed by atoms with Gasteiger partial charge in [0.05, 0.1) is 11.4 Å². The summed E-state index contributed by atoms with van der Waals surface area (Å²) in [6.07, 6.45) is 5.71. The molecule has 4 rings (SSSR count). The average Bonchev–Trinajstić information content (AvgIpc) is 3.09. The predicted molar refractivity (Wildman–Crippen MR) is 79.2 cm³/mol. The first-order chi connectivity index (χ1) is 10.3. The van der Waals surface area contributed by atoms with Crippen molar-refractivity contribution in [1.82, 2.24) is 14.5 Å². The maximum atomic E-state index is 13.2. The fourth-order valence-electron chi connectivity index (χ4n) is 2.94. The van der Waals surface area contributed by atoms with Crippen LogP contribution < -0.4 is 0 Å². The molecule has 104 valence electrons. The fourth-order valence-corrected chi connectivity index (χ4v) is 2.94. The second kappa shape index (κ2) is 4.81. The average molecular weight is 279 g/mol. The zero-order valence-electron chi connectivity index (χ0n) is 11.5. The van der Waals surface area contributed by atoms with Gasteiger partial charge in [0.15, 0.2) is 0 Å². The van der Waals surface area contributed by atoms with Gasteiger partial charge >= 0.3 is 0 Å². The van der Waals surface area contributed by atoms with Crippen molar-refractivity contribution >= 4 is 0 Å². The smallest absolute Gasteiger partial charge is 0.123 e. The van der Waals surface area contributed by atoms with Crippen LogP contribution in [0.15, 0.2) is 48.8 Å². The Morgan fingerprint density at radius 2 is 1.71 bits per heavy atom. The van der Waals surface area contributed by atoms with E-state index < -0.39 is 0 Å². The zero-order valence-corrected chi connectivity index (χ0v) is 11.5. The summed E-state index contributed by atoms with van der Waals surface area (Å²) in [5.41, 5.74) is 4.09. The Balaban J connectivity index is 1.94. The lowest BCUT2D eigenvalue weighted by Crippen LogP contribution is -1.96. The molecular formula is C17H14FN3. The van der Waals surface area contributed by atoms with Crippen LogP contribution in [0.3, 0.4) is 0 Å². The van der Waals surface area contributed by atoms with E-state index >= 15 is 0 Å². The van der Waals surface area contributed by atoms with Crippen LogP contribution in [-0.4, -0.2) is 14.5 Å². The summed E-state index contributed by atoms with van der Waals surface area (Å²) >= 11 is 0. The van der Waals surface area contributed by atoms with Crippen LogP contribution in [-0.2, 0) is 13.0 Å². The van der Waals surface area contributed by atoms with Crippen LogP contribution in [0.2, 0.25) is 0 Å². The van der Waals surface area contributed by atoms with Crippen molar-refractivity contribution in [2.75, 3.05) is 0 Å². The first kappa shape index (κ1) is 12.3. The third-order valence-corrected chi connectivity index (χ3v) is 3.90. The van der Waals surface area contributed by atoms with Gasteiger partial charge in [-0.3, -0.25) is 4.98 Å². The molecule has 0 atom stereocenters. The van der Waals surface area contributed by atoms with Crippen molar-refractivity contribution < 1.29 is 4.39 Å². The minimum absolute atomic E-state index is 0.226. The molecule has 4 heteroatoms. The van der Waals surface area contributed by atoms with Crippen molar-refractivity contribution in [3.05, 3.63) is 60.4 Å². The molecule has 0 aliphatic carbocycles. The highest BCUT2D eigenvalue weighted by Gasteiger charge is 2.22. The van der Waals surface area contributed by atoms with E-state index in [0.717, 1.165) is 47.7 Å². The molecule has 21 heavy (non-hydrogen) atoms. The van der Waals surface area contributed by atoms with Crippen LogP contribution in [0.25, 0.3) is 22.5 Å². The maximum absolute atomic E-state index is 13.2. The standard InChI is InChI=1S/C17H14FN3/c18-14-5-3-12(4-6-14)16-17(13-7-9-19-10-8-13)21-11-1-2-15(21)20-16/h3-10H,1-2,11H2. The van der Waals surface area contributed by atoms with Crippen molar-refractivity contribution in [2.45, 2.75) is 19.4 Å². The summed E-state index contributed by atoms with van der Waals surface area (Å²) < 4.78 is 15.4. The number of halogens is 1. The molecule has 0 saturated carbocycles. The molecule has 1 aliphatic rings. The fraction of sp³-hybridized carbons (Fsp3) is 0.176. The second-order valence-electron chi connectivity index (χ2n) is 5.22. The van der Waals surface area contributed by atoms with Gasteiger partial charge in [0.2, 0.25) is 0 Å². The number of benzene rings is 1. The van der Waals surface area contributed by atoms with Crippen LogP contribution in [0.4, 0.5) is 4.39 Å². The summed E-state index contributed by atoms with van der Waals surface area (Å²) in [5.74, 6) is 0.886. The SMILES string of the molecule is Fc1ccc(-c2nc3n(c2-c2ccncc2)CCC3)cc1. The molecule has 2 aromatic heterocycles. The largest absolute Gasteiger partial charge is 0.327 e. The number of imidazole rings is 1. The molecule has 0 fully saturated rings. The molecule has 0 radical (unpaired) electrons. The van der Waals surface area contributed by atoms with E-state index in [-0.39, 0.29) is 5.82 Å². The van der Waals surface area contributed by atoms with Crippen LogP contribution in [0.1, 0.15) is 12.2 Å². The maximum Gasteiger partial charge on any atom is 0.123 e. The van der Waals surface area contributed by atoms with E-state index in [0.29, 0.717) is 0 Å². The molecule has 0 spiro atoms. The van der Waals surface area contributed by atoms with Gasteiger partial charge in [0, 0.05) is 36.5 Å². The minimum atomic E-state index is -0.226. The number of fused-ring (bicyclic) bond motifs is 1. The van der Waals surface area contributed by atoms with E-state index in [4.69, 9.17) is 4.98 Å². The second-order valence-corrected chi connectivity index (χ2v) is 5.22. The number of rotatable bonds is 2. The lowest BCUT2D eigenvalue weighted by atomic mass is 10.1. The van der Waals surface area contributed by atoms with E-state index in [1.807, 2.05) is 12.1 Å². The highest BCUT2D eigenvalue weighted by molar-refractivity contribution is 5.79. The number of hydrogen-bond donors (Lipinski definition) is 0. The van der Waals surface area contributed by atoms with Gasteiger partial charge < -0.3 is 4.57 Å². The van der Waals surface area contributed by atoms with Gasteiger partial charge in [-0.05, 0) is 42.8 Å². The molecule has 0 unspecified atom stereocenters. The van der Waals surface area contributed by atoms with E-state index in [2.05, 4.69) is 9.55 Å². The zero-order chi connectivity index (χ0) is 14.2. The Bertz CT molecular complexity index is 776.